The zero-order chi connectivity index (χ0) is 43.1. The molecule has 0 radical (unpaired) electrons. The third kappa shape index (κ3) is 9.82. The van der Waals surface area contributed by atoms with Crippen molar-refractivity contribution in [1.29, 1.82) is 0 Å². The van der Waals surface area contributed by atoms with E-state index in [1.54, 1.807) is 14.2 Å². The Morgan fingerprint density at radius 1 is 0.571 bits per heavy atom. The Morgan fingerprint density at radius 2 is 1.05 bits per heavy atom. The summed E-state index contributed by atoms with van der Waals surface area (Å²) in [5, 5.41) is 7.72. The number of anilines is 2. The number of hydrazine groups is 1. The van der Waals surface area contributed by atoms with E-state index in [4.69, 9.17) is 28.9 Å². The number of methoxy groups -OCH3 is 2. The molecule has 2 saturated heterocycles. The molecule has 0 amide bonds. The first kappa shape index (κ1) is 42.7. The highest BCUT2D eigenvalue weighted by Gasteiger charge is 2.36. The van der Waals surface area contributed by atoms with Gasteiger partial charge in [0.1, 0.15) is 0 Å². The van der Waals surface area contributed by atoms with Crippen LogP contribution in [0.1, 0.15) is 76.3 Å². The van der Waals surface area contributed by atoms with Gasteiger partial charge in [0, 0.05) is 62.4 Å². The topological polar surface area (TPSA) is 75.7 Å². The van der Waals surface area contributed by atoms with Crippen LogP contribution in [0.25, 0.3) is 21.8 Å². The zero-order valence-electron chi connectivity index (χ0n) is 37.6. The van der Waals surface area contributed by atoms with E-state index < -0.39 is 0 Å². The van der Waals surface area contributed by atoms with Gasteiger partial charge < -0.3 is 18.9 Å². The van der Waals surface area contributed by atoms with Crippen molar-refractivity contribution in [3.05, 3.63) is 121 Å². The summed E-state index contributed by atoms with van der Waals surface area (Å²) < 4.78 is 24.1. The van der Waals surface area contributed by atoms with Gasteiger partial charge in [-0.2, -0.15) is 0 Å². The molecule has 4 heterocycles. The van der Waals surface area contributed by atoms with E-state index in [-0.39, 0.29) is 18.2 Å². The van der Waals surface area contributed by atoms with Gasteiger partial charge in [-0.1, -0.05) is 62.4 Å². The number of likely N-dealkylation sites (tertiary alicyclic amines) is 2. The Balaban J connectivity index is 1.01. The Kier molecular flexibility index (Phi) is 13.5. The average molecular weight is 849 g/mol. The summed E-state index contributed by atoms with van der Waals surface area (Å²) in [6.07, 6.45) is 13.1. The maximum Gasteiger partial charge on any atom is 0.161 e. The van der Waals surface area contributed by atoms with Crippen LogP contribution in [0.3, 0.4) is 0 Å². The zero-order valence-corrected chi connectivity index (χ0v) is 37.6. The van der Waals surface area contributed by atoms with Crippen LogP contribution in [-0.4, -0.2) is 85.0 Å². The maximum absolute atomic E-state index is 6.50. The second-order valence-corrected chi connectivity index (χ2v) is 18.1. The first-order chi connectivity index (χ1) is 30.9. The predicted octanol–water partition coefficient (Wildman–Crippen LogP) is 10.7. The van der Waals surface area contributed by atoms with Gasteiger partial charge in [0.15, 0.2) is 23.0 Å². The lowest BCUT2D eigenvalue weighted by Gasteiger charge is -2.51. The molecule has 0 atom stereocenters. The molecule has 3 fully saturated rings. The molecule has 10 nitrogen and oxygen atoms in total. The molecule has 3 aliphatic rings. The number of hydrogen-bond acceptors (Lipinski definition) is 10. The van der Waals surface area contributed by atoms with Crippen molar-refractivity contribution >= 4 is 33.2 Å². The van der Waals surface area contributed by atoms with Crippen molar-refractivity contribution < 1.29 is 18.9 Å². The number of fused-ring (bicyclic) bond motifs is 2. The van der Waals surface area contributed by atoms with Crippen LogP contribution in [0, 0.1) is 5.92 Å². The van der Waals surface area contributed by atoms with Crippen LogP contribution < -0.4 is 29.0 Å². The van der Waals surface area contributed by atoms with E-state index in [1.807, 2.05) is 12.4 Å². The first-order valence-electron chi connectivity index (χ1n) is 23.3. The Hall–Kier alpha value is -5.58. The molecule has 10 heteroatoms. The molecule has 0 bridgehead atoms. The number of ether oxygens (including phenoxy) is 4. The number of benzene rings is 4. The molecule has 1 aliphatic carbocycles. The van der Waals surface area contributed by atoms with E-state index in [0.717, 1.165) is 112 Å². The Morgan fingerprint density at radius 3 is 1.54 bits per heavy atom. The number of rotatable bonds is 16. The first-order valence-corrected chi connectivity index (χ1v) is 23.3. The lowest BCUT2D eigenvalue weighted by Crippen LogP contribution is -2.59. The van der Waals surface area contributed by atoms with Crippen molar-refractivity contribution in [1.82, 2.24) is 19.8 Å². The van der Waals surface area contributed by atoms with Crippen LogP contribution in [0.5, 0.6) is 23.0 Å². The highest BCUT2D eigenvalue weighted by Crippen LogP contribution is 2.40. The number of pyridine rings is 2. The Labute approximate surface area is 373 Å². The van der Waals surface area contributed by atoms with Crippen molar-refractivity contribution in [2.45, 2.75) is 96.5 Å². The van der Waals surface area contributed by atoms with Gasteiger partial charge in [-0.25, -0.2) is 0 Å². The minimum absolute atomic E-state index is 0.260. The fourth-order valence-electron chi connectivity index (χ4n) is 9.98. The number of piperidine rings is 2. The average Bonchev–Trinajstić information content (AvgIpc) is 3.84. The molecule has 63 heavy (non-hydrogen) atoms. The SMILES string of the molecule is COc1ccc(CN2CCC(N(c3ccnc4ccccc34)N(c3ccnc4ccccc34)C3CCN(Cc4ccc(OC)c(OC5CCCC5)c4)CC3)CC2)cc1OCC(C)C. The summed E-state index contributed by atoms with van der Waals surface area (Å²) in [5.41, 5.74) is 6.95. The lowest BCUT2D eigenvalue weighted by atomic mass is 9.99. The lowest BCUT2D eigenvalue weighted by molar-refractivity contribution is 0.183. The van der Waals surface area contributed by atoms with Crippen LogP contribution >= 0.6 is 0 Å². The molecule has 0 unspecified atom stereocenters. The summed E-state index contributed by atoms with van der Waals surface area (Å²) in [5.74, 6) is 3.74. The van der Waals surface area contributed by atoms with Crippen LogP contribution in [-0.2, 0) is 13.1 Å². The summed E-state index contributed by atoms with van der Waals surface area (Å²) in [4.78, 5) is 14.9. The summed E-state index contributed by atoms with van der Waals surface area (Å²) in [6, 6.07) is 35.2. The van der Waals surface area contributed by atoms with E-state index in [2.05, 4.69) is 131 Å². The fraction of sp³-hybridized carbons (Fsp3) is 0.434. The minimum atomic E-state index is 0.260. The van der Waals surface area contributed by atoms with Gasteiger partial charge in [-0.3, -0.25) is 29.8 Å². The molecule has 330 valence electrons. The van der Waals surface area contributed by atoms with Crippen molar-refractivity contribution in [2.75, 3.05) is 57.0 Å². The molecule has 0 N–H and O–H groups in total. The molecule has 2 aromatic heterocycles. The number of hydrogen-bond donors (Lipinski definition) is 0. The predicted molar refractivity (Wildman–Crippen MR) is 254 cm³/mol. The fourth-order valence-corrected chi connectivity index (χ4v) is 9.98. The van der Waals surface area contributed by atoms with Crippen molar-refractivity contribution in [3.8, 4) is 23.0 Å². The monoisotopic (exact) mass is 848 g/mol. The van der Waals surface area contributed by atoms with Crippen molar-refractivity contribution in [2.24, 2.45) is 5.92 Å². The molecule has 4 aromatic carbocycles. The number of nitrogens with zero attached hydrogens (tertiary/aromatic N) is 6. The second kappa shape index (κ2) is 19.9. The number of aromatic nitrogens is 2. The third-order valence-electron chi connectivity index (χ3n) is 13.2. The van der Waals surface area contributed by atoms with Gasteiger partial charge in [-0.15, -0.1) is 0 Å². The molecule has 9 rings (SSSR count). The van der Waals surface area contributed by atoms with Gasteiger partial charge in [-0.05, 0) is 117 Å². The van der Waals surface area contributed by atoms with Gasteiger partial charge in [0.05, 0.1) is 61.4 Å². The van der Waals surface area contributed by atoms with E-state index >= 15 is 0 Å². The maximum atomic E-state index is 6.50. The van der Waals surface area contributed by atoms with Gasteiger partial charge in [0.25, 0.3) is 0 Å². The molecular formula is C53H64N6O4. The summed E-state index contributed by atoms with van der Waals surface area (Å²) >= 11 is 0. The Bertz CT molecular complexity index is 2430. The van der Waals surface area contributed by atoms with Gasteiger partial charge in [0.2, 0.25) is 0 Å². The van der Waals surface area contributed by atoms with E-state index in [9.17, 15) is 0 Å². The normalized spacial score (nSPS) is 17.1. The van der Waals surface area contributed by atoms with E-state index in [0.29, 0.717) is 12.5 Å². The highest BCUT2D eigenvalue weighted by molar-refractivity contribution is 5.96. The van der Waals surface area contributed by atoms with Crippen LogP contribution in [0.15, 0.2) is 109 Å². The molecule has 0 spiro atoms. The largest absolute Gasteiger partial charge is 0.493 e. The summed E-state index contributed by atoms with van der Waals surface area (Å²) in [7, 11) is 3.45. The number of para-hydroxylation sites is 2. The van der Waals surface area contributed by atoms with Crippen LogP contribution in [0.2, 0.25) is 0 Å². The second-order valence-electron chi connectivity index (χ2n) is 18.1. The minimum Gasteiger partial charge on any atom is -0.493 e. The quantitative estimate of drug-likeness (QED) is 0.0879. The standard InChI is InChI=1S/C53H64N6O4/c1-38(2)37-62-52-33-39(17-19-50(52)60-3)35-56-29-23-41(24-30-56)58(48-21-27-54-46-15-9-7-13-44(46)48)59(49-22-28-55-47-16-10-8-14-45(47)49)42-25-31-57(32-26-42)36-40-18-20-51(61-4)53(34-40)63-43-11-5-6-12-43/h7-10,13-22,27-28,33-34,38,41-43H,5-6,11-12,23-26,29-32,35-37H2,1-4H3. The van der Waals surface area contributed by atoms with Crippen molar-refractivity contribution in [3.63, 3.8) is 0 Å². The summed E-state index contributed by atoms with van der Waals surface area (Å²) in [6.45, 7) is 10.7. The molecule has 2 aliphatic heterocycles. The highest BCUT2D eigenvalue weighted by atomic mass is 16.5. The van der Waals surface area contributed by atoms with Gasteiger partial charge >= 0.3 is 0 Å². The molecule has 6 aromatic rings. The smallest absolute Gasteiger partial charge is 0.161 e. The third-order valence-corrected chi connectivity index (χ3v) is 13.2. The molecular weight excluding hydrogens is 785 g/mol. The molecule has 1 saturated carbocycles. The van der Waals surface area contributed by atoms with E-state index in [1.165, 1.54) is 46.1 Å². The van der Waals surface area contributed by atoms with Crippen LogP contribution in [0.4, 0.5) is 11.4 Å².